The predicted molar refractivity (Wildman–Crippen MR) is 99.7 cm³/mol. The van der Waals surface area contributed by atoms with Gasteiger partial charge in [0.05, 0.1) is 13.3 Å². The minimum Gasteiger partial charge on any atom is -0.497 e. The summed E-state index contributed by atoms with van der Waals surface area (Å²) in [5, 5.41) is 7.15. The number of benzene rings is 1. The zero-order valence-electron chi connectivity index (χ0n) is 15.1. The van der Waals surface area contributed by atoms with Crippen molar-refractivity contribution in [3.63, 3.8) is 0 Å². The standard InChI is InChI=1S/C18H22N4O3.ClH/c1-12(19-2)10-16-21-18(25-22-16)9-8-17-20-11-15(24-17)13-4-6-14(23-3)7-5-13;/h4-7,11-12,19H,8-10H2,1-3H3;1H. The molecule has 1 unspecified atom stereocenters. The Bertz CT molecular complexity index is 801. The summed E-state index contributed by atoms with van der Waals surface area (Å²) in [6, 6.07) is 7.98. The van der Waals surface area contributed by atoms with Crippen LogP contribution in [-0.4, -0.2) is 35.3 Å². The van der Waals surface area contributed by atoms with Gasteiger partial charge in [-0.05, 0) is 38.2 Å². The van der Waals surface area contributed by atoms with Gasteiger partial charge in [-0.1, -0.05) is 5.16 Å². The van der Waals surface area contributed by atoms with E-state index in [0.29, 0.717) is 36.5 Å². The fourth-order valence-electron chi connectivity index (χ4n) is 2.38. The fourth-order valence-corrected chi connectivity index (χ4v) is 2.38. The number of hydrogen-bond donors (Lipinski definition) is 1. The summed E-state index contributed by atoms with van der Waals surface area (Å²) in [6.07, 6.45) is 3.68. The van der Waals surface area contributed by atoms with Gasteiger partial charge >= 0.3 is 0 Å². The normalized spacial score (nSPS) is 11.8. The van der Waals surface area contributed by atoms with Crippen molar-refractivity contribution in [2.45, 2.75) is 32.2 Å². The molecule has 0 aliphatic rings. The number of ether oxygens (including phenoxy) is 1. The van der Waals surface area contributed by atoms with Gasteiger partial charge in [0.15, 0.2) is 17.5 Å². The van der Waals surface area contributed by atoms with Gasteiger partial charge in [-0.3, -0.25) is 0 Å². The van der Waals surface area contributed by atoms with Crippen LogP contribution < -0.4 is 10.1 Å². The van der Waals surface area contributed by atoms with Gasteiger partial charge < -0.3 is 19.0 Å². The maximum absolute atomic E-state index is 5.80. The minimum absolute atomic E-state index is 0. The van der Waals surface area contributed by atoms with E-state index in [1.165, 1.54) is 0 Å². The molecular weight excluding hydrogens is 356 g/mol. The number of rotatable bonds is 8. The van der Waals surface area contributed by atoms with E-state index in [9.17, 15) is 0 Å². The molecule has 3 aromatic rings. The molecule has 1 aromatic carbocycles. The van der Waals surface area contributed by atoms with Crippen LogP contribution in [0.25, 0.3) is 11.3 Å². The van der Waals surface area contributed by atoms with Crippen LogP contribution in [0.4, 0.5) is 0 Å². The lowest BCUT2D eigenvalue weighted by Gasteiger charge is -2.04. The number of aryl methyl sites for hydroxylation is 2. The van der Waals surface area contributed by atoms with Crippen molar-refractivity contribution in [1.82, 2.24) is 20.4 Å². The van der Waals surface area contributed by atoms with E-state index >= 15 is 0 Å². The van der Waals surface area contributed by atoms with Gasteiger partial charge in [0.25, 0.3) is 0 Å². The molecule has 0 spiro atoms. The first kappa shape index (κ1) is 19.9. The molecular formula is C18H23ClN4O3. The maximum Gasteiger partial charge on any atom is 0.227 e. The average Bonchev–Trinajstić information content (AvgIpc) is 3.29. The van der Waals surface area contributed by atoms with E-state index in [1.54, 1.807) is 13.3 Å². The Morgan fingerprint density at radius 1 is 1.15 bits per heavy atom. The first-order valence-corrected chi connectivity index (χ1v) is 8.25. The third-order valence-corrected chi connectivity index (χ3v) is 3.97. The Morgan fingerprint density at radius 2 is 1.88 bits per heavy atom. The molecule has 2 aromatic heterocycles. The van der Waals surface area contributed by atoms with Crippen molar-refractivity contribution in [3.8, 4) is 17.1 Å². The number of nitrogens with zero attached hydrogens (tertiary/aromatic N) is 3. The second-order valence-corrected chi connectivity index (χ2v) is 5.84. The smallest absolute Gasteiger partial charge is 0.227 e. The maximum atomic E-state index is 5.80. The van der Waals surface area contributed by atoms with Crippen LogP contribution in [-0.2, 0) is 19.3 Å². The van der Waals surface area contributed by atoms with Crippen LogP contribution in [0.15, 0.2) is 39.4 Å². The first-order valence-electron chi connectivity index (χ1n) is 8.25. The fraction of sp³-hybridized carbons (Fsp3) is 0.389. The molecule has 2 heterocycles. The lowest BCUT2D eigenvalue weighted by atomic mass is 10.2. The summed E-state index contributed by atoms with van der Waals surface area (Å²) in [5.41, 5.74) is 0.959. The zero-order chi connectivity index (χ0) is 17.6. The molecule has 0 saturated heterocycles. The highest BCUT2D eigenvalue weighted by atomic mass is 35.5. The van der Waals surface area contributed by atoms with Crippen molar-refractivity contribution >= 4 is 12.4 Å². The Morgan fingerprint density at radius 3 is 2.58 bits per heavy atom. The molecule has 0 bridgehead atoms. The van der Waals surface area contributed by atoms with Crippen molar-refractivity contribution in [1.29, 1.82) is 0 Å². The molecule has 0 saturated carbocycles. The molecule has 0 amide bonds. The zero-order valence-corrected chi connectivity index (χ0v) is 15.9. The molecule has 8 heteroatoms. The molecule has 3 rings (SSSR count). The number of halogens is 1. The molecule has 0 radical (unpaired) electrons. The predicted octanol–water partition coefficient (Wildman–Crippen LogP) is 3.09. The summed E-state index contributed by atoms with van der Waals surface area (Å²) in [5.74, 6) is 3.50. The van der Waals surface area contributed by atoms with Crippen LogP contribution in [0.3, 0.4) is 0 Å². The molecule has 0 aliphatic heterocycles. The molecule has 1 N–H and O–H groups in total. The summed E-state index contributed by atoms with van der Waals surface area (Å²) in [7, 11) is 3.55. The van der Waals surface area contributed by atoms with E-state index in [-0.39, 0.29) is 12.4 Å². The molecule has 1 atom stereocenters. The number of oxazole rings is 1. The highest BCUT2D eigenvalue weighted by Gasteiger charge is 2.12. The van der Waals surface area contributed by atoms with Crippen LogP contribution in [0.5, 0.6) is 5.75 Å². The second kappa shape index (κ2) is 9.35. The van der Waals surface area contributed by atoms with Gasteiger partial charge in [0, 0.05) is 30.9 Å². The summed E-state index contributed by atoms with van der Waals surface area (Å²) < 4.78 is 16.2. The second-order valence-electron chi connectivity index (χ2n) is 5.84. The number of methoxy groups -OCH3 is 1. The van der Waals surface area contributed by atoms with Crippen LogP contribution >= 0.6 is 12.4 Å². The van der Waals surface area contributed by atoms with E-state index in [2.05, 4.69) is 27.4 Å². The van der Waals surface area contributed by atoms with Crippen LogP contribution in [0.2, 0.25) is 0 Å². The summed E-state index contributed by atoms with van der Waals surface area (Å²) in [4.78, 5) is 8.72. The lowest BCUT2D eigenvalue weighted by molar-refractivity contribution is 0.366. The lowest BCUT2D eigenvalue weighted by Crippen LogP contribution is -2.24. The van der Waals surface area contributed by atoms with E-state index in [4.69, 9.17) is 13.7 Å². The monoisotopic (exact) mass is 378 g/mol. The van der Waals surface area contributed by atoms with E-state index in [1.807, 2.05) is 31.3 Å². The average molecular weight is 379 g/mol. The summed E-state index contributed by atoms with van der Waals surface area (Å²) >= 11 is 0. The Hall–Kier alpha value is -2.38. The molecule has 7 nitrogen and oxygen atoms in total. The topological polar surface area (TPSA) is 86.2 Å². The highest BCUT2D eigenvalue weighted by Crippen LogP contribution is 2.23. The third kappa shape index (κ3) is 5.06. The minimum atomic E-state index is 0. The van der Waals surface area contributed by atoms with Crippen molar-refractivity contribution < 1.29 is 13.7 Å². The van der Waals surface area contributed by atoms with Crippen LogP contribution in [0.1, 0.15) is 24.5 Å². The highest BCUT2D eigenvalue weighted by molar-refractivity contribution is 5.85. The number of aromatic nitrogens is 3. The number of hydrogen-bond acceptors (Lipinski definition) is 7. The Labute approximate surface area is 158 Å². The Kier molecular flexibility index (Phi) is 7.17. The van der Waals surface area contributed by atoms with Gasteiger partial charge in [0.1, 0.15) is 5.75 Å². The first-order chi connectivity index (χ1) is 12.2. The molecule has 0 aliphatic carbocycles. The van der Waals surface area contributed by atoms with Crippen LogP contribution in [0, 0.1) is 0 Å². The van der Waals surface area contributed by atoms with Crippen molar-refractivity contribution in [3.05, 3.63) is 48.1 Å². The van der Waals surface area contributed by atoms with E-state index in [0.717, 1.165) is 23.5 Å². The number of nitrogens with one attached hydrogen (secondary N) is 1. The van der Waals surface area contributed by atoms with E-state index < -0.39 is 0 Å². The largest absolute Gasteiger partial charge is 0.497 e. The van der Waals surface area contributed by atoms with Crippen molar-refractivity contribution in [2.75, 3.05) is 14.2 Å². The molecule has 26 heavy (non-hydrogen) atoms. The van der Waals surface area contributed by atoms with Gasteiger partial charge in [0.2, 0.25) is 5.89 Å². The third-order valence-electron chi connectivity index (χ3n) is 3.97. The van der Waals surface area contributed by atoms with Gasteiger partial charge in [-0.15, -0.1) is 12.4 Å². The number of likely N-dealkylation sites (N-methyl/N-ethyl adjacent to an activating group) is 1. The van der Waals surface area contributed by atoms with Gasteiger partial charge in [-0.2, -0.15) is 4.98 Å². The quantitative estimate of drug-likeness (QED) is 0.644. The molecule has 140 valence electrons. The van der Waals surface area contributed by atoms with Crippen molar-refractivity contribution in [2.24, 2.45) is 0 Å². The van der Waals surface area contributed by atoms with Gasteiger partial charge in [-0.25, -0.2) is 4.98 Å². The molecule has 0 fully saturated rings. The Balaban J connectivity index is 0.00000243. The SMILES string of the molecule is CNC(C)Cc1noc(CCc2ncc(-c3ccc(OC)cc3)o2)n1.Cl. The summed E-state index contributed by atoms with van der Waals surface area (Å²) in [6.45, 7) is 2.07.